The topological polar surface area (TPSA) is 47.5 Å². The van der Waals surface area contributed by atoms with Crippen LogP contribution in [0.3, 0.4) is 0 Å². The molecular weight excluding hydrogens is 384 g/mol. The third-order valence-corrected chi connectivity index (χ3v) is 5.65. The average Bonchev–Trinajstić information content (AvgIpc) is 3.64. The fraction of sp³-hybridized carbons (Fsp3) is 0.111. The lowest BCUT2D eigenvalue weighted by Gasteiger charge is -2.07. The van der Waals surface area contributed by atoms with Crippen molar-refractivity contribution >= 4 is 21.8 Å². The highest BCUT2D eigenvalue weighted by Crippen LogP contribution is 2.50. The second-order valence-electron chi connectivity index (χ2n) is 7.76. The molecule has 0 aliphatic carbocycles. The van der Waals surface area contributed by atoms with Crippen LogP contribution < -0.4 is 4.74 Å². The van der Waals surface area contributed by atoms with Crippen molar-refractivity contribution in [3.63, 3.8) is 0 Å². The summed E-state index contributed by atoms with van der Waals surface area (Å²) in [6.45, 7) is 0.438. The molecule has 6 rings (SSSR count). The summed E-state index contributed by atoms with van der Waals surface area (Å²) in [4.78, 5) is 9.42. The van der Waals surface area contributed by atoms with Crippen molar-refractivity contribution in [2.75, 3.05) is 0 Å². The van der Waals surface area contributed by atoms with E-state index < -0.39 is 0 Å². The molecule has 0 spiro atoms. The van der Waals surface area contributed by atoms with Crippen molar-refractivity contribution in [1.29, 1.82) is 0 Å². The molecule has 5 aromatic rings. The molecule has 1 aliphatic heterocycles. The second-order valence-corrected chi connectivity index (χ2v) is 7.76. The molecule has 4 nitrogen and oxygen atoms in total. The number of ether oxygens (including phenoxy) is 2. The van der Waals surface area contributed by atoms with Gasteiger partial charge in [0.2, 0.25) is 0 Å². The molecule has 3 aromatic carbocycles. The van der Waals surface area contributed by atoms with Crippen LogP contribution in [0.15, 0.2) is 97.1 Å². The average molecular weight is 404 g/mol. The molecule has 0 saturated carbocycles. The van der Waals surface area contributed by atoms with Crippen LogP contribution in [-0.4, -0.2) is 9.97 Å². The summed E-state index contributed by atoms with van der Waals surface area (Å²) in [7, 11) is 0. The molecule has 1 fully saturated rings. The Balaban J connectivity index is 1.12. The molecule has 150 valence electrons. The Morgan fingerprint density at radius 2 is 1.32 bits per heavy atom. The SMILES string of the molecule is c1ccc2nc(COc3ccc(C4OC4c4ccc5ccccc5n4)cc3)ccc2c1. The van der Waals surface area contributed by atoms with Gasteiger partial charge in [-0.2, -0.15) is 0 Å². The number of benzene rings is 3. The van der Waals surface area contributed by atoms with Gasteiger partial charge in [0.1, 0.15) is 24.6 Å². The van der Waals surface area contributed by atoms with Gasteiger partial charge in [0.05, 0.1) is 22.4 Å². The summed E-state index contributed by atoms with van der Waals surface area (Å²) < 4.78 is 11.9. The number of epoxide rings is 1. The van der Waals surface area contributed by atoms with E-state index in [1.807, 2.05) is 54.6 Å². The van der Waals surface area contributed by atoms with Crippen LogP contribution in [0.1, 0.15) is 29.2 Å². The van der Waals surface area contributed by atoms with E-state index in [1.165, 1.54) is 0 Å². The van der Waals surface area contributed by atoms with Gasteiger partial charge < -0.3 is 9.47 Å². The Morgan fingerprint density at radius 3 is 2.10 bits per heavy atom. The van der Waals surface area contributed by atoms with Crippen LogP contribution in [-0.2, 0) is 11.3 Å². The fourth-order valence-corrected chi connectivity index (χ4v) is 3.93. The van der Waals surface area contributed by atoms with Crippen molar-refractivity contribution in [2.24, 2.45) is 0 Å². The molecular formula is C27H20N2O2. The number of hydrogen-bond donors (Lipinski definition) is 0. The van der Waals surface area contributed by atoms with E-state index in [0.29, 0.717) is 6.61 Å². The summed E-state index contributed by atoms with van der Waals surface area (Å²) in [5.41, 5.74) is 5.01. The van der Waals surface area contributed by atoms with Crippen LogP contribution in [0, 0.1) is 0 Å². The Morgan fingerprint density at radius 1 is 0.645 bits per heavy atom. The molecule has 31 heavy (non-hydrogen) atoms. The summed E-state index contributed by atoms with van der Waals surface area (Å²) in [5, 5.41) is 2.28. The normalized spacial score (nSPS) is 17.7. The van der Waals surface area contributed by atoms with E-state index in [9.17, 15) is 0 Å². The number of hydrogen-bond acceptors (Lipinski definition) is 4. The third-order valence-electron chi connectivity index (χ3n) is 5.65. The van der Waals surface area contributed by atoms with Crippen LogP contribution in [0.5, 0.6) is 5.75 Å². The Bertz CT molecular complexity index is 1380. The number of fused-ring (bicyclic) bond motifs is 2. The molecule has 1 saturated heterocycles. The van der Waals surface area contributed by atoms with E-state index in [4.69, 9.17) is 14.5 Å². The van der Waals surface area contributed by atoms with Gasteiger partial charge in [-0.05, 0) is 42.0 Å². The smallest absolute Gasteiger partial charge is 0.131 e. The first-order valence-corrected chi connectivity index (χ1v) is 10.4. The number of aromatic nitrogens is 2. The molecule has 0 bridgehead atoms. The standard InChI is InChI=1S/C27H20N2O2/c1-3-7-23-18(5-1)9-13-21(28-23)17-30-22-14-10-20(11-15-22)26-27(31-26)25-16-12-19-6-2-4-8-24(19)29-25/h1-16,26-27H,17H2. The van der Waals surface area contributed by atoms with Gasteiger partial charge in [-0.1, -0.05) is 60.7 Å². The molecule has 0 radical (unpaired) electrons. The van der Waals surface area contributed by atoms with Gasteiger partial charge in [0.25, 0.3) is 0 Å². The maximum atomic E-state index is 5.94. The Kier molecular flexibility index (Phi) is 4.36. The van der Waals surface area contributed by atoms with Crippen LogP contribution in [0.4, 0.5) is 0 Å². The van der Waals surface area contributed by atoms with E-state index >= 15 is 0 Å². The summed E-state index contributed by atoms with van der Waals surface area (Å²) in [6.07, 6.45) is 0.0584. The van der Waals surface area contributed by atoms with Gasteiger partial charge >= 0.3 is 0 Å². The predicted molar refractivity (Wildman–Crippen MR) is 121 cm³/mol. The monoisotopic (exact) mass is 404 g/mol. The van der Waals surface area contributed by atoms with E-state index in [1.54, 1.807) is 0 Å². The number of para-hydroxylation sites is 2. The number of pyridine rings is 2. The quantitative estimate of drug-likeness (QED) is 0.329. The molecule has 4 heteroatoms. The molecule has 0 N–H and O–H groups in total. The van der Waals surface area contributed by atoms with Gasteiger partial charge in [-0.15, -0.1) is 0 Å². The first-order chi connectivity index (χ1) is 15.3. The molecule has 2 unspecified atom stereocenters. The molecule has 0 amide bonds. The minimum absolute atomic E-state index is 0.0122. The van der Waals surface area contributed by atoms with Gasteiger partial charge in [0.15, 0.2) is 0 Å². The largest absolute Gasteiger partial charge is 0.487 e. The zero-order chi connectivity index (χ0) is 20.6. The lowest BCUT2D eigenvalue weighted by atomic mass is 10.1. The molecule has 1 aliphatic rings. The predicted octanol–water partition coefficient (Wildman–Crippen LogP) is 6.17. The van der Waals surface area contributed by atoms with Crippen LogP contribution >= 0.6 is 0 Å². The maximum Gasteiger partial charge on any atom is 0.131 e. The van der Waals surface area contributed by atoms with Gasteiger partial charge in [-0.3, -0.25) is 0 Å². The highest BCUT2D eigenvalue weighted by atomic mass is 16.6. The zero-order valence-electron chi connectivity index (χ0n) is 16.8. The van der Waals surface area contributed by atoms with Crippen molar-refractivity contribution in [3.8, 4) is 5.75 Å². The zero-order valence-corrected chi connectivity index (χ0v) is 16.8. The fourth-order valence-electron chi connectivity index (χ4n) is 3.93. The summed E-state index contributed by atoms with van der Waals surface area (Å²) in [5.74, 6) is 0.819. The highest BCUT2D eigenvalue weighted by Gasteiger charge is 2.42. The van der Waals surface area contributed by atoms with E-state index in [2.05, 4.69) is 47.4 Å². The molecule has 2 aromatic heterocycles. The van der Waals surface area contributed by atoms with Crippen molar-refractivity contribution in [3.05, 3.63) is 114 Å². The van der Waals surface area contributed by atoms with E-state index in [-0.39, 0.29) is 12.2 Å². The minimum Gasteiger partial charge on any atom is -0.487 e. The highest BCUT2D eigenvalue weighted by molar-refractivity contribution is 5.79. The maximum absolute atomic E-state index is 5.94. The van der Waals surface area contributed by atoms with Gasteiger partial charge in [-0.25, -0.2) is 9.97 Å². The van der Waals surface area contributed by atoms with Crippen LogP contribution in [0.25, 0.3) is 21.8 Å². The molecule has 3 heterocycles. The third kappa shape index (κ3) is 3.62. The van der Waals surface area contributed by atoms with Crippen LogP contribution in [0.2, 0.25) is 0 Å². The number of rotatable bonds is 5. The lowest BCUT2D eigenvalue weighted by molar-refractivity contribution is 0.301. The Hall–Kier alpha value is -3.76. The van der Waals surface area contributed by atoms with Crippen molar-refractivity contribution in [1.82, 2.24) is 9.97 Å². The van der Waals surface area contributed by atoms with Crippen molar-refractivity contribution in [2.45, 2.75) is 18.8 Å². The lowest BCUT2D eigenvalue weighted by Crippen LogP contribution is -1.98. The first-order valence-electron chi connectivity index (χ1n) is 10.4. The summed E-state index contributed by atoms with van der Waals surface area (Å²) >= 11 is 0. The molecule has 2 atom stereocenters. The minimum atomic E-state index is 0.0122. The Labute approximate surface area is 180 Å². The number of nitrogens with zero attached hydrogens (tertiary/aromatic N) is 2. The van der Waals surface area contributed by atoms with Crippen molar-refractivity contribution < 1.29 is 9.47 Å². The second kappa shape index (κ2) is 7.49. The first kappa shape index (κ1) is 18.0. The van der Waals surface area contributed by atoms with E-state index in [0.717, 1.165) is 44.5 Å². The van der Waals surface area contributed by atoms with Gasteiger partial charge in [0, 0.05) is 10.8 Å². The summed E-state index contributed by atoms with van der Waals surface area (Å²) in [6, 6.07) is 32.6.